The smallest absolute Gasteiger partial charge is 0.198 e. The molecule has 1 atom stereocenters. The second-order valence-corrected chi connectivity index (χ2v) is 7.68. The number of hydrogen-bond acceptors (Lipinski definition) is 2. The maximum absolute atomic E-state index is 11.9. The number of aromatic nitrogens is 2. The Kier molecular flexibility index (Phi) is 13.3. The van der Waals surface area contributed by atoms with Gasteiger partial charge in [-0.1, -0.05) is 97.3 Å². The van der Waals surface area contributed by atoms with Crippen molar-refractivity contribution in [3.05, 3.63) is 18.2 Å². The van der Waals surface area contributed by atoms with E-state index in [1.165, 1.54) is 83.5 Å². The van der Waals surface area contributed by atoms with Crippen molar-refractivity contribution in [3.8, 4) is 0 Å². The Morgan fingerprint density at radius 2 is 1.48 bits per heavy atom. The Hall–Kier alpha value is -1.12. The first-order valence-corrected chi connectivity index (χ1v) is 10.8. The topological polar surface area (TPSA) is 45.8 Å². The molecule has 1 N–H and O–H groups in total. The van der Waals surface area contributed by atoms with Gasteiger partial charge in [-0.15, -0.1) is 0 Å². The number of nitrogens with one attached hydrogen (secondary N) is 1. The quantitative estimate of drug-likeness (QED) is 0.241. The van der Waals surface area contributed by atoms with Gasteiger partial charge in [0.15, 0.2) is 11.6 Å². The molecular weight excluding hydrogens is 308 g/mol. The van der Waals surface area contributed by atoms with Crippen LogP contribution < -0.4 is 0 Å². The molecule has 1 unspecified atom stereocenters. The molecule has 25 heavy (non-hydrogen) atoms. The minimum Gasteiger partial charge on any atom is -0.342 e. The number of imidazole rings is 1. The van der Waals surface area contributed by atoms with Crippen LogP contribution in [-0.2, 0) is 0 Å². The molecule has 0 aliphatic rings. The summed E-state index contributed by atoms with van der Waals surface area (Å²) in [5.74, 6) is 1.30. The Morgan fingerprint density at radius 1 is 0.920 bits per heavy atom. The fourth-order valence-electron chi connectivity index (χ4n) is 3.39. The van der Waals surface area contributed by atoms with Gasteiger partial charge in [-0.3, -0.25) is 4.79 Å². The Bertz CT molecular complexity index is 414. The zero-order valence-corrected chi connectivity index (χ0v) is 16.7. The second kappa shape index (κ2) is 15.2. The van der Waals surface area contributed by atoms with Crippen LogP contribution in [0.15, 0.2) is 12.4 Å². The molecule has 0 aliphatic carbocycles. The molecule has 3 nitrogen and oxygen atoms in total. The minimum atomic E-state index is 0.145. The van der Waals surface area contributed by atoms with Gasteiger partial charge in [0.1, 0.15) is 0 Å². The van der Waals surface area contributed by atoms with Gasteiger partial charge in [0.2, 0.25) is 0 Å². The average Bonchev–Trinajstić information content (AvgIpc) is 3.15. The van der Waals surface area contributed by atoms with Crippen LogP contribution in [0.5, 0.6) is 0 Å². The second-order valence-electron chi connectivity index (χ2n) is 7.68. The highest BCUT2D eigenvalue weighted by atomic mass is 16.1. The van der Waals surface area contributed by atoms with Crippen LogP contribution >= 0.6 is 0 Å². The Balaban J connectivity index is 1.83. The molecule has 144 valence electrons. The Labute approximate surface area is 155 Å². The van der Waals surface area contributed by atoms with E-state index in [1.54, 1.807) is 12.4 Å². The van der Waals surface area contributed by atoms with E-state index in [1.807, 2.05) is 0 Å². The number of hydrogen-bond donors (Lipinski definition) is 1. The summed E-state index contributed by atoms with van der Waals surface area (Å²) < 4.78 is 0. The molecule has 1 rings (SSSR count). The predicted molar refractivity (Wildman–Crippen MR) is 107 cm³/mol. The minimum absolute atomic E-state index is 0.145. The molecule has 3 heteroatoms. The van der Waals surface area contributed by atoms with E-state index in [9.17, 15) is 4.79 Å². The van der Waals surface area contributed by atoms with Crippen LogP contribution in [0.1, 0.15) is 121 Å². The van der Waals surface area contributed by atoms with E-state index >= 15 is 0 Å². The van der Waals surface area contributed by atoms with E-state index in [4.69, 9.17) is 0 Å². The zero-order valence-electron chi connectivity index (χ0n) is 16.7. The number of unbranched alkanes of at least 4 members (excludes halogenated alkanes) is 11. The summed E-state index contributed by atoms with van der Waals surface area (Å²) in [6.45, 7) is 4.55. The Morgan fingerprint density at radius 3 is 2.00 bits per heavy atom. The first-order valence-electron chi connectivity index (χ1n) is 10.8. The highest BCUT2D eigenvalue weighted by molar-refractivity contribution is 5.92. The molecule has 1 heterocycles. The van der Waals surface area contributed by atoms with Crippen molar-refractivity contribution >= 4 is 5.78 Å². The molecule has 0 aliphatic heterocycles. The molecule has 0 fully saturated rings. The lowest BCUT2D eigenvalue weighted by atomic mass is 9.96. The van der Waals surface area contributed by atoms with E-state index in [0.29, 0.717) is 18.2 Å². The summed E-state index contributed by atoms with van der Waals surface area (Å²) >= 11 is 0. The van der Waals surface area contributed by atoms with Gasteiger partial charge in [-0.25, -0.2) is 4.98 Å². The lowest BCUT2D eigenvalue weighted by molar-refractivity contribution is 0.0964. The number of rotatable bonds is 17. The lowest BCUT2D eigenvalue weighted by Gasteiger charge is -2.10. The first-order chi connectivity index (χ1) is 12.2. The predicted octanol–water partition coefficient (Wildman–Crippen LogP) is 7.10. The average molecular weight is 349 g/mol. The third-order valence-electron chi connectivity index (χ3n) is 5.18. The maximum Gasteiger partial charge on any atom is 0.198 e. The molecule has 0 amide bonds. The van der Waals surface area contributed by atoms with E-state index in [0.717, 1.165) is 6.42 Å². The molecule has 0 bridgehead atoms. The SMILES string of the molecule is CCCCCCCCCCCCCCC(C)CCC(=O)c1ncc[nH]1. The zero-order chi connectivity index (χ0) is 18.2. The number of H-pyrrole nitrogens is 1. The first kappa shape index (κ1) is 21.9. The van der Waals surface area contributed by atoms with Crippen LogP contribution in [0.4, 0.5) is 0 Å². The van der Waals surface area contributed by atoms with Gasteiger partial charge in [-0.2, -0.15) is 0 Å². The van der Waals surface area contributed by atoms with Gasteiger partial charge < -0.3 is 4.98 Å². The summed E-state index contributed by atoms with van der Waals surface area (Å²) in [6.07, 6.45) is 23.0. The van der Waals surface area contributed by atoms with Gasteiger partial charge in [0, 0.05) is 18.8 Å². The van der Waals surface area contributed by atoms with Crippen LogP contribution in [0.3, 0.4) is 0 Å². The molecule has 1 aromatic heterocycles. The normalized spacial score (nSPS) is 12.4. The van der Waals surface area contributed by atoms with Crippen molar-refractivity contribution in [2.24, 2.45) is 5.92 Å². The maximum atomic E-state index is 11.9. The molecule has 0 spiro atoms. The van der Waals surface area contributed by atoms with Crippen molar-refractivity contribution in [3.63, 3.8) is 0 Å². The molecule has 0 radical (unpaired) electrons. The van der Waals surface area contributed by atoms with Gasteiger partial charge >= 0.3 is 0 Å². The molecule has 1 aromatic rings. The van der Waals surface area contributed by atoms with Crippen molar-refractivity contribution in [2.45, 2.75) is 110 Å². The van der Waals surface area contributed by atoms with Crippen molar-refractivity contribution in [1.82, 2.24) is 9.97 Å². The third kappa shape index (κ3) is 12.0. The summed E-state index contributed by atoms with van der Waals surface area (Å²) in [6, 6.07) is 0. The third-order valence-corrected chi connectivity index (χ3v) is 5.18. The van der Waals surface area contributed by atoms with Crippen LogP contribution in [0.2, 0.25) is 0 Å². The van der Waals surface area contributed by atoms with Crippen LogP contribution in [0, 0.1) is 5.92 Å². The van der Waals surface area contributed by atoms with Gasteiger partial charge in [0.25, 0.3) is 0 Å². The molecule has 0 aromatic carbocycles. The molecule has 0 saturated carbocycles. The highest BCUT2D eigenvalue weighted by Gasteiger charge is 2.10. The summed E-state index contributed by atoms with van der Waals surface area (Å²) in [5.41, 5.74) is 0. The standard InChI is InChI=1S/C22H40N2O/c1-3-4-5-6-7-8-9-10-11-12-13-14-15-20(2)16-17-21(25)22-23-18-19-24-22/h18-20H,3-17H2,1-2H3,(H,23,24). The lowest BCUT2D eigenvalue weighted by Crippen LogP contribution is -2.05. The van der Waals surface area contributed by atoms with Crippen molar-refractivity contribution < 1.29 is 4.79 Å². The number of carbonyl (C=O) groups is 1. The fraction of sp³-hybridized carbons (Fsp3) is 0.818. The van der Waals surface area contributed by atoms with Crippen molar-refractivity contribution in [2.75, 3.05) is 0 Å². The monoisotopic (exact) mass is 348 g/mol. The van der Waals surface area contributed by atoms with E-state index in [2.05, 4.69) is 23.8 Å². The highest BCUT2D eigenvalue weighted by Crippen LogP contribution is 2.18. The number of aromatic amines is 1. The molecule has 0 saturated heterocycles. The molecular formula is C22H40N2O. The van der Waals surface area contributed by atoms with Crippen LogP contribution in [-0.4, -0.2) is 15.8 Å². The largest absolute Gasteiger partial charge is 0.342 e. The number of nitrogens with zero attached hydrogens (tertiary/aromatic N) is 1. The van der Waals surface area contributed by atoms with Crippen LogP contribution in [0.25, 0.3) is 0 Å². The van der Waals surface area contributed by atoms with E-state index < -0.39 is 0 Å². The van der Waals surface area contributed by atoms with E-state index in [-0.39, 0.29) is 5.78 Å². The van der Waals surface area contributed by atoms with Crippen molar-refractivity contribution in [1.29, 1.82) is 0 Å². The summed E-state index contributed by atoms with van der Waals surface area (Å²) in [5, 5.41) is 0. The number of Topliss-reactive ketones (excluding diaryl/α,β-unsaturated/α-hetero) is 1. The van der Waals surface area contributed by atoms with Gasteiger partial charge in [-0.05, 0) is 12.3 Å². The fourth-order valence-corrected chi connectivity index (χ4v) is 3.39. The summed E-state index contributed by atoms with van der Waals surface area (Å²) in [7, 11) is 0. The summed E-state index contributed by atoms with van der Waals surface area (Å²) in [4.78, 5) is 18.8. The number of ketones is 1. The number of carbonyl (C=O) groups excluding carboxylic acids is 1. The van der Waals surface area contributed by atoms with Gasteiger partial charge in [0.05, 0.1) is 0 Å².